The summed E-state index contributed by atoms with van der Waals surface area (Å²) in [6.45, 7) is 7.22. The average Bonchev–Trinajstić information content (AvgIpc) is 3.10. The van der Waals surface area contributed by atoms with E-state index in [0.29, 0.717) is 0 Å². The first-order valence-electron chi connectivity index (χ1n) is 12.8. The van der Waals surface area contributed by atoms with Gasteiger partial charge in [0.25, 0.3) is 0 Å². The molecule has 4 heterocycles. The van der Waals surface area contributed by atoms with E-state index in [9.17, 15) is 29.4 Å². The number of carbonyl (C=O) groups is 4. The lowest BCUT2D eigenvalue weighted by Gasteiger charge is -2.49. The van der Waals surface area contributed by atoms with Crippen molar-refractivity contribution in [2.45, 2.75) is 81.4 Å². The summed E-state index contributed by atoms with van der Waals surface area (Å²) >= 11 is 0. The van der Waals surface area contributed by atoms with Crippen LogP contribution in [-0.4, -0.2) is 95.1 Å². The van der Waals surface area contributed by atoms with Crippen molar-refractivity contribution in [1.29, 1.82) is 0 Å². The summed E-state index contributed by atoms with van der Waals surface area (Å²) in [7, 11) is 1.23. The highest BCUT2D eigenvalue weighted by molar-refractivity contribution is 5.96. The van der Waals surface area contributed by atoms with E-state index in [1.807, 2.05) is 20.8 Å². The Morgan fingerprint density at radius 2 is 1.84 bits per heavy atom. The molecule has 7 rings (SSSR count). The summed E-state index contributed by atoms with van der Waals surface area (Å²) in [6, 6.07) is 0. The molecule has 0 aromatic heterocycles. The minimum atomic E-state index is -2.25. The predicted octanol–water partition coefficient (Wildman–Crippen LogP) is -0.821. The zero-order chi connectivity index (χ0) is 27.4. The van der Waals surface area contributed by atoms with Gasteiger partial charge in [-0.2, -0.15) is 0 Å². The second-order valence-corrected chi connectivity index (χ2v) is 12.7. The molecule has 3 saturated carbocycles. The van der Waals surface area contributed by atoms with Crippen molar-refractivity contribution < 1.29 is 57.8 Å². The van der Waals surface area contributed by atoms with Gasteiger partial charge in [0.15, 0.2) is 17.8 Å². The second kappa shape index (κ2) is 6.60. The van der Waals surface area contributed by atoms with E-state index in [0.717, 1.165) is 6.08 Å². The van der Waals surface area contributed by atoms with Crippen molar-refractivity contribution in [3.05, 3.63) is 12.2 Å². The Balaban J connectivity index is 1.45. The maximum absolute atomic E-state index is 13.8. The second-order valence-electron chi connectivity index (χ2n) is 12.7. The maximum Gasteiger partial charge on any atom is 0.342 e. The zero-order valence-corrected chi connectivity index (χ0v) is 21.6. The van der Waals surface area contributed by atoms with Crippen LogP contribution in [0.15, 0.2) is 12.2 Å². The number of aliphatic hydroxyl groups excluding tert-OH is 1. The number of methoxy groups -OCH3 is 1. The van der Waals surface area contributed by atoms with Crippen molar-refractivity contribution in [1.82, 2.24) is 0 Å². The lowest BCUT2D eigenvalue weighted by atomic mass is 9.51. The molecule has 7 fully saturated rings. The van der Waals surface area contributed by atoms with E-state index in [4.69, 9.17) is 23.7 Å². The van der Waals surface area contributed by atoms with Gasteiger partial charge in [0.05, 0.1) is 30.5 Å². The Kier molecular flexibility index (Phi) is 4.25. The van der Waals surface area contributed by atoms with Crippen LogP contribution in [0.2, 0.25) is 0 Å². The van der Waals surface area contributed by atoms with Gasteiger partial charge in [-0.3, -0.25) is 4.79 Å². The summed E-state index contributed by atoms with van der Waals surface area (Å²) < 4.78 is 34.7. The molecule has 4 saturated heterocycles. The SMILES string of the molecule is COC(=O)/C=C/CO[C@H]1C(=O)O[C@@H]2C13[C@]21O[C@]24C(=O)OC(C[C@H]1C(C)(C)C)[C@]32[C@@H](O)[C@@H]1OC(=O)C(C)[C@@]14O. The molecular weight excluding hydrogens is 504 g/mol. The van der Waals surface area contributed by atoms with Gasteiger partial charge >= 0.3 is 23.9 Å². The number of fused-ring (bicyclic) bond motifs is 1. The van der Waals surface area contributed by atoms with Crippen LogP contribution in [0, 0.1) is 28.1 Å². The van der Waals surface area contributed by atoms with Crippen molar-refractivity contribution in [2.24, 2.45) is 28.1 Å². The molecule has 0 amide bonds. The van der Waals surface area contributed by atoms with Crippen LogP contribution >= 0.6 is 0 Å². The third-order valence-corrected chi connectivity index (χ3v) is 10.7. The molecule has 2 N–H and O–H groups in total. The molecule has 12 heteroatoms. The first kappa shape index (κ1) is 24.5. The number of hydrogen-bond donors (Lipinski definition) is 2. The normalized spacial score (nSPS) is 54.7. The quantitative estimate of drug-likeness (QED) is 0.262. The minimum absolute atomic E-state index is 0.183. The van der Waals surface area contributed by atoms with Crippen LogP contribution in [0.1, 0.15) is 34.1 Å². The topological polar surface area (TPSA) is 164 Å². The molecule has 7 aliphatic rings. The molecule has 3 unspecified atom stereocenters. The molecule has 3 aliphatic carbocycles. The largest absolute Gasteiger partial charge is 0.466 e. The Hall–Kier alpha value is -2.54. The van der Waals surface area contributed by atoms with Gasteiger partial charge in [0.2, 0.25) is 5.60 Å². The standard InChI is InChI=1S/C26H30O12/c1-10-17(29)36-15-14(28)22-12-9-11(21(2,3)4)25(38-26(22,20(31)35-12)24(10,15)32)19-23(22,25)16(18(30)37-19)34-8-6-7-13(27)33-5/h6-7,10-12,14-16,19,28,32H,8-9H2,1-5H3/b7-6+/t10?,11-,12?,14-,15-,16-,19+,22-,23?,24+,25+,26+/m0/s1. The van der Waals surface area contributed by atoms with E-state index in [2.05, 4.69) is 4.74 Å². The Labute approximate surface area is 217 Å². The van der Waals surface area contributed by atoms with Gasteiger partial charge in [-0.15, -0.1) is 0 Å². The fraction of sp³-hybridized carbons (Fsp3) is 0.769. The van der Waals surface area contributed by atoms with Gasteiger partial charge in [0.1, 0.15) is 23.9 Å². The van der Waals surface area contributed by atoms with Gasteiger partial charge in [-0.25, -0.2) is 14.4 Å². The molecule has 12 atom stereocenters. The number of hydrogen-bond acceptors (Lipinski definition) is 12. The summed E-state index contributed by atoms with van der Waals surface area (Å²) in [5, 5.41) is 24.3. The Morgan fingerprint density at radius 3 is 2.50 bits per heavy atom. The van der Waals surface area contributed by atoms with Crippen molar-refractivity contribution in [3.63, 3.8) is 0 Å². The monoisotopic (exact) mass is 534 g/mol. The van der Waals surface area contributed by atoms with E-state index in [1.165, 1.54) is 20.1 Å². The first-order chi connectivity index (χ1) is 17.8. The molecule has 0 radical (unpaired) electrons. The number of aliphatic hydroxyl groups is 2. The highest BCUT2D eigenvalue weighted by Gasteiger charge is 3.14. The summed E-state index contributed by atoms with van der Waals surface area (Å²) in [5.41, 5.74) is -9.28. The summed E-state index contributed by atoms with van der Waals surface area (Å²) in [6.07, 6.45) is -3.46. The Morgan fingerprint density at radius 1 is 1.13 bits per heavy atom. The van der Waals surface area contributed by atoms with Crippen LogP contribution in [0.3, 0.4) is 0 Å². The van der Waals surface area contributed by atoms with Crippen LogP contribution in [0.5, 0.6) is 0 Å². The molecule has 38 heavy (non-hydrogen) atoms. The third kappa shape index (κ3) is 1.95. The zero-order valence-electron chi connectivity index (χ0n) is 21.6. The highest BCUT2D eigenvalue weighted by Crippen LogP contribution is 2.94. The molecule has 2 bridgehead atoms. The minimum Gasteiger partial charge on any atom is -0.466 e. The lowest BCUT2D eigenvalue weighted by molar-refractivity contribution is -0.238. The first-order valence-corrected chi connectivity index (χ1v) is 12.8. The molecule has 12 nitrogen and oxygen atoms in total. The number of esters is 4. The lowest BCUT2D eigenvalue weighted by Crippen LogP contribution is -2.67. The van der Waals surface area contributed by atoms with Crippen molar-refractivity contribution in [3.8, 4) is 0 Å². The van der Waals surface area contributed by atoms with Crippen LogP contribution in [0.25, 0.3) is 0 Å². The van der Waals surface area contributed by atoms with E-state index in [1.54, 1.807) is 0 Å². The molecule has 0 aromatic carbocycles. The van der Waals surface area contributed by atoms with E-state index >= 15 is 0 Å². The van der Waals surface area contributed by atoms with Gasteiger partial charge in [-0.05, 0) is 18.8 Å². The number of ether oxygens (including phenoxy) is 6. The van der Waals surface area contributed by atoms with Crippen LogP contribution in [-0.2, 0) is 47.6 Å². The van der Waals surface area contributed by atoms with Crippen molar-refractivity contribution in [2.75, 3.05) is 13.7 Å². The van der Waals surface area contributed by atoms with Crippen LogP contribution < -0.4 is 0 Å². The summed E-state index contributed by atoms with van der Waals surface area (Å²) in [4.78, 5) is 51.3. The molecule has 0 aromatic rings. The summed E-state index contributed by atoms with van der Waals surface area (Å²) in [5.74, 6) is -4.53. The third-order valence-electron chi connectivity index (χ3n) is 10.7. The fourth-order valence-electron chi connectivity index (χ4n) is 9.62. The molecular formula is C26H30O12. The molecule has 206 valence electrons. The predicted molar refractivity (Wildman–Crippen MR) is 120 cm³/mol. The van der Waals surface area contributed by atoms with E-state index in [-0.39, 0.29) is 18.9 Å². The molecule has 2 spiro atoms. The van der Waals surface area contributed by atoms with Crippen molar-refractivity contribution >= 4 is 23.9 Å². The van der Waals surface area contributed by atoms with Gasteiger partial charge in [-0.1, -0.05) is 26.8 Å². The Bertz CT molecular complexity index is 1240. The maximum atomic E-state index is 13.8. The number of carbonyl (C=O) groups excluding carboxylic acids is 4. The van der Waals surface area contributed by atoms with Crippen LogP contribution in [0.4, 0.5) is 0 Å². The van der Waals surface area contributed by atoms with Gasteiger partial charge < -0.3 is 38.6 Å². The fourth-order valence-corrected chi connectivity index (χ4v) is 9.62. The van der Waals surface area contributed by atoms with E-state index < -0.39 is 93.4 Å². The van der Waals surface area contributed by atoms with Gasteiger partial charge in [0, 0.05) is 12.0 Å². The smallest absolute Gasteiger partial charge is 0.342 e. The average molecular weight is 535 g/mol. The number of rotatable bonds is 4. The molecule has 4 aliphatic heterocycles. The highest BCUT2D eigenvalue weighted by atomic mass is 16.7.